The third-order valence-corrected chi connectivity index (χ3v) is 2.67. The number of nitrogens with zero attached hydrogens (tertiary/aromatic N) is 1. The van der Waals surface area contributed by atoms with Crippen molar-refractivity contribution in [2.45, 2.75) is 20.3 Å². The molecular formula is C13H16N2O. The van der Waals surface area contributed by atoms with Crippen LogP contribution in [0, 0.1) is 6.92 Å². The highest BCUT2D eigenvalue weighted by Crippen LogP contribution is 2.29. The summed E-state index contributed by atoms with van der Waals surface area (Å²) in [6.07, 6.45) is 2.86. The minimum absolute atomic E-state index is 0.876. The predicted molar refractivity (Wildman–Crippen MR) is 64.7 cm³/mol. The van der Waals surface area contributed by atoms with E-state index in [4.69, 9.17) is 4.74 Å². The second kappa shape index (κ2) is 4.39. The van der Waals surface area contributed by atoms with E-state index in [1.165, 1.54) is 5.56 Å². The number of hydrogen-bond donors (Lipinski definition) is 1. The molecule has 1 aromatic heterocycles. The van der Waals surface area contributed by atoms with Crippen LogP contribution in [0.3, 0.4) is 0 Å². The van der Waals surface area contributed by atoms with Gasteiger partial charge in [0.1, 0.15) is 11.6 Å². The lowest BCUT2D eigenvalue weighted by atomic mass is 10.1. The first kappa shape index (κ1) is 10.7. The Morgan fingerprint density at radius 1 is 1.38 bits per heavy atom. The van der Waals surface area contributed by atoms with E-state index in [0.717, 1.165) is 29.3 Å². The first-order valence-electron chi connectivity index (χ1n) is 5.43. The maximum Gasteiger partial charge on any atom is 0.128 e. The molecule has 0 aliphatic heterocycles. The van der Waals surface area contributed by atoms with Gasteiger partial charge in [-0.1, -0.05) is 13.0 Å². The van der Waals surface area contributed by atoms with Crippen LogP contribution in [0.15, 0.2) is 24.4 Å². The third kappa shape index (κ3) is 1.94. The Bertz CT molecular complexity index is 488. The summed E-state index contributed by atoms with van der Waals surface area (Å²) in [6, 6.07) is 6.24. The van der Waals surface area contributed by atoms with Crippen molar-refractivity contribution in [3.8, 4) is 17.0 Å². The highest BCUT2D eigenvalue weighted by Gasteiger charge is 2.08. The molecule has 0 radical (unpaired) electrons. The van der Waals surface area contributed by atoms with Crippen molar-refractivity contribution >= 4 is 0 Å². The molecule has 0 spiro atoms. The standard InChI is InChI=1S/C13H16N2O/c1-4-10-5-6-13(16-3)11(7-10)12-8-14-9(2)15-12/h5-8H,4H2,1-3H3,(H,14,15). The number of imidazole rings is 1. The van der Waals surface area contributed by atoms with Crippen LogP contribution in [0.5, 0.6) is 5.75 Å². The molecule has 0 unspecified atom stereocenters. The Morgan fingerprint density at radius 3 is 2.75 bits per heavy atom. The minimum atomic E-state index is 0.876. The molecule has 1 heterocycles. The summed E-state index contributed by atoms with van der Waals surface area (Å²) in [5.74, 6) is 1.79. The predicted octanol–water partition coefficient (Wildman–Crippen LogP) is 2.96. The van der Waals surface area contributed by atoms with E-state index in [9.17, 15) is 0 Å². The minimum Gasteiger partial charge on any atom is -0.496 e. The van der Waals surface area contributed by atoms with Crippen molar-refractivity contribution in [2.75, 3.05) is 7.11 Å². The molecule has 2 rings (SSSR count). The summed E-state index contributed by atoms with van der Waals surface area (Å²) in [6.45, 7) is 4.09. The van der Waals surface area contributed by atoms with E-state index in [1.807, 2.05) is 19.2 Å². The lowest BCUT2D eigenvalue weighted by molar-refractivity contribution is 0.416. The van der Waals surface area contributed by atoms with Crippen LogP contribution < -0.4 is 4.74 Å². The lowest BCUT2D eigenvalue weighted by Crippen LogP contribution is -1.90. The van der Waals surface area contributed by atoms with Gasteiger partial charge in [-0.15, -0.1) is 0 Å². The highest BCUT2D eigenvalue weighted by atomic mass is 16.5. The van der Waals surface area contributed by atoms with E-state index < -0.39 is 0 Å². The maximum absolute atomic E-state index is 5.36. The van der Waals surface area contributed by atoms with Gasteiger partial charge in [0.15, 0.2) is 0 Å². The molecule has 0 bridgehead atoms. The zero-order valence-corrected chi connectivity index (χ0v) is 9.87. The fourth-order valence-electron chi connectivity index (χ4n) is 1.74. The molecule has 3 nitrogen and oxygen atoms in total. The second-order valence-corrected chi connectivity index (χ2v) is 3.77. The number of aromatic nitrogens is 2. The monoisotopic (exact) mass is 216 g/mol. The summed E-state index contributed by atoms with van der Waals surface area (Å²) >= 11 is 0. The number of ether oxygens (including phenoxy) is 1. The number of methoxy groups -OCH3 is 1. The van der Waals surface area contributed by atoms with Crippen LogP contribution in [0.2, 0.25) is 0 Å². The summed E-state index contributed by atoms with van der Waals surface area (Å²) in [5, 5.41) is 0. The van der Waals surface area contributed by atoms with E-state index in [2.05, 4.69) is 29.0 Å². The van der Waals surface area contributed by atoms with Gasteiger partial charge in [0.2, 0.25) is 0 Å². The van der Waals surface area contributed by atoms with Gasteiger partial charge < -0.3 is 9.72 Å². The smallest absolute Gasteiger partial charge is 0.128 e. The summed E-state index contributed by atoms with van der Waals surface area (Å²) in [4.78, 5) is 7.44. The quantitative estimate of drug-likeness (QED) is 0.856. The van der Waals surface area contributed by atoms with Gasteiger partial charge in [0.05, 0.1) is 19.0 Å². The summed E-state index contributed by atoms with van der Waals surface area (Å²) < 4.78 is 5.36. The normalized spacial score (nSPS) is 10.4. The van der Waals surface area contributed by atoms with Gasteiger partial charge in [-0.3, -0.25) is 0 Å². The number of aryl methyl sites for hydroxylation is 2. The molecule has 0 saturated carbocycles. The van der Waals surface area contributed by atoms with Crippen molar-refractivity contribution in [1.29, 1.82) is 0 Å². The van der Waals surface area contributed by atoms with E-state index in [-0.39, 0.29) is 0 Å². The number of benzene rings is 1. The SMILES string of the molecule is CCc1ccc(OC)c(-c2cnc(C)[nH]2)c1. The molecule has 0 fully saturated rings. The molecule has 0 saturated heterocycles. The van der Waals surface area contributed by atoms with Crippen LogP contribution in [0.4, 0.5) is 0 Å². The van der Waals surface area contributed by atoms with Crippen molar-refractivity contribution < 1.29 is 4.74 Å². The maximum atomic E-state index is 5.36. The molecule has 0 amide bonds. The molecule has 0 aliphatic carbocycles. The van der Waals surface area contributed by atoms with Gasteiger partial charge in [-0.05, 0) is 31.0 Å². The van der Waals surface area contributed by atoms with Crippen molar-refractivity contribution in [3.05, 3.63) is 35.8 Å². The number of H-pyrrole nitrogens is 1. The first-order chi connectivity index (χ1) is 7.74. The summed E-state index contributed by atoms with van der Waals surface area (Å²) in [5.41, 5.74) is 3.37. The molecule has 84 valence electrons. The molecule has 0 aliphatic rings. The van der Waals surface area contributed by atoms with E-state index >= 15 is 0 Å². The Hall–Kier alpha value is -1.77. The first-order valence-corrected chi connectivity index (χ1v) is 5.43. The molecule has 3 heteroatoms. The Kier molecular flexibility index (Phi) is 2.95. The number of rotatable bonds is 3. The molecule has 16 heavy (non-hydrogen) atoms. The van der Waals surface area contributed by atoms with Crippen molar-refractivity contribution in [1.82, 2.24) is 9.97 Å². The third-order valence-electron chi connectivity index (χ3n) is 2.67. The molecule has 1 aromatic carbocycles. The zero-order valence-electron chi connectivity index (χ0n) is 9.87. The van der Waals surface area contributed by atoms with Crippen molar-refractivity contribution in [3.63, 3.8) is 0 Å². The largest absolute Gasteiger partial charge is 0.496 e. The van der Waals surface area contributed by atoms with Gasteiger partial charge in [-0.2, -0.15) is 0 Å². The topological polar surface area (TPSA) is 37.9 Å². The number of aromatic amines is 1. The average Bonchev–Trinajstić information content (AvgIpc) is 2.75. The van der Waals surface area contributed by atoms with Crippen LogP contribution in [0.1, 0.15) is 18.3 Å². The van der Waals surface area contributed by atoms with Crippen LogP contribution >= 0.6 is 0 Å². The Morgan fingerprint density at radius 2 is 2.19 bits per heavy atom. The van der Waals surface area contributed by atoms with Gasteiger partial charge in [-0.25, -0.2) is 4.98 Å². The Balaban J connectivity index is 2.52. The fraction of sp³-hybridized carbons (Fsp3) is 0.308. The van der Waals surface area contributed by atoms with E-state index in [0.29, 0.717) is 0 Å². The van der Waals surface area contributed by atoms with Gasteiger partial charge >= 0.3 is 0 Å². The number of nitrogens with one attached hydrogen (secondary N) is 1. The second-order valence-electron chi connectivity index (χ2n) is 3.77. The van der Waals surface area contributed by atoms with Crippen LogP contribution in [-0.2, 0) is 6.42 Å². The highest BCUT2D eigenvalue weighted by molar-refractivity contribution is 5.67. The van der Waals surface area contributed by atoms with Crippen molar-refractivity contribution in [2.24, 2.45) is 0 Å². The molecule has 0 atom stereocenters. The fourth-order valence-corrected chi connectivity index (χ4v) is 1.74. The number of hydrogen-bond acceptors (Lipinski definition) is 2. The lowest BCUT2D eigenvalue weighted by Gasteiger charge is -2.08. The average molecular weight is 216 g/mol. The zero-order chi connectivity index (χ0) is 11.5. The van der Waals surface area contributed by atoms with E-state index in [1.54, 1.807) is 7.11 Å². The molecule has 2 aromatic rings. The molecular weight excluding hydrogens is 200 g/mol. The Labute approximate surface area is 95.5 Å². The van der Waals surface area contributed by atoms with Crippen LogP contribution in [-0.4, -0.2) is 17.1 Å². The van der Waals surface area contributed by atoms with Crippen LogP contribution in [0.25, 0.3) is 11.3 Å². The molecule has 1 N–H and O–H groups in total. The summed E-state index contributed by atoms with van der Waals surface area (Å²) in [7, 11) is 1.69. The van der Waals surface area contributed by atoms with Gasteiger partial charge in [0.25, 0.3) is 0 Å². The van der Waals surface area contributed by atoms with Gasteiger partial charge in [0, 0.05) is 5.56 Å².